The van der Waals surface area contributed by atoms with Gasteiger partial charge >= 0.3 is 5.97 Å². The molecule has 2 rings (SSSR count). The van der Waals surface area contributed by atoms with Crippen molar-refractivity contribution < 1.29 is 23.5 Å². The van der Waals surface area contributed by atoms with Crippen LogP contribution in [0.25, 0.3) is 11.0 Å². The third-order valence-electron chi connectivity index (χ3n) is 3.18. The molecule has 0 atom stereocenters. The van der Waals surface area contributed by atoms with Crippen LogP contribution in [0, 0.1) is 6.92 Å². The van der Waals surface area contributed by atoms with Crippen LogP contribution in [0.1, 0.15) is 23.0 Å². The van der Waals surface area contributed by atoms with Gasteiger partial charge in [-0.2, -0.15) is 0 Å². The second-order valence-corrected chi connectivity index (χ2v) is 4.82. The Morgan fingerprint density at radius 1 is 1.39 bits per heavy atom. The summed E-state index contributed by atoms with van der Waals surface area (Å²) in [7, 11) is 0. The molecule has 2 aromatic rings. The molecule has 0 fully saturated rings. The zero-order valence-electron chi connectivity index (χ0n) is 13.2. The summed E-state index contributed by atoms with van der Waals surface area (Å²) in [6.07, 6.45) is 1.54. The summed E-state index contributed by atoms with van der Waals surface area (Å²) >= 11 is 0. The molecule has 1 N–H and O–H groups in total. The van der Waals surface area contributed by atoms with E-state index in [1.807, 2.05) is 13.0 Å². The summed E-state index contributed by atoms with van der Waals surface area (Å²) in [6, 6.07) is 5.32. The highest BCUT2D eigenvalue weighted by atomic mass is 16.5. The Labute approximate surface area is 134 Å². The molecular formula is C17H19NO5. The third-order valence-corrected chi connectivity index (χ3v) is 3.18. The summed E-state index contributed by atoms with van der Waals surface area (Å²) in [5.74, 6) is -0.283. The topological polar surface area (TPSA) is 77.8 Å². The first-order valence-electron chi connectivity index (χ1n) is 7.27. The van der Waals surface area contributed by atoms with Gasteiger partial charge in [-0.05, 0) is 32.0 Å². The van der Waals surface area contributed by atoms with E-state index in [1.54, 1.807) is 25.1 Å². The molecule has 0 unspecified atom stereocenters. The number of ether oxygens (including phenoxy) is 2. The fourth-order valence-electron chi connectivity index (χ4n) is 2.08. The standard InChI is InChI=1S/C17H19NO5/c1-4-8-18-15(19)10-22-17(20)16-11(3)13-9-12(21-5-2)6-7-14(13)23-16/h4,6-7,9H,1,5,8,10H2,2-3H3,(H,18,19). The average molecular weight is 317 g/mol. The minimum atomic E-state index is -0.676. The van der Waals surface area contributed by atoms with Gasteiger partial charge in [0.1, 0.15) is 11.3 Å². The minimum Gasteiger partial charge on any atom is -0.494 e. The molecule has 0 saturated carbocycles. The van der Waals surface area contributed by atoms with Crippen LogP contribution in [0.5, 0.6) is 5.75 Å². The molecule has 122 valence electrons. The summed E-state index contributed by atoms with van der Waals surface area (Å²) in [5, 5.41) is 3.30. The first kappa shape index (κ1) is 16.6. The van der Waals surface area contributed by atoms with E-state index >= 15 is 0 Å². The van der Waals surface area contributed by atoms with Crippen LogP contribution in [0.3, 0.4) is 0 Å². The number of fused-ring (bicyclic) bond motifs is 1. The van der Waals surface area contributed by atoms with Crippen LogP contribution >= 0.6 is 0 Å². The summed E-state index contributed by atoms with van der Waals surface area (Å²) in [4.78, 5) is 23.5. The number of rotatable bonds is 7. The van der Waals surface area contributed by atoms with E-state index in [2.05, 4.69) is 11.9 Å². The van der Waals surface area contributed by atoms with E-state index in [-0.39, 0.29) is 12.4 Å². The summed E-state index contributed by atoms with van der Waals surface area (Å²) in [6.45, 7) is 7.64. The number of furan rings is 1. The maximum Gasteiger partial charge on any atom is 0.375 e. The van der Waals surface area contributed by atoms with Crippen LogP contribution in [-0.4, -0.2) is 31.6 Å². The monoisotopic (exact) mass is 317 g/mol. The Morgan fingerprint density at radius 3 is 2.87 bits per heavy atom. The van der Waals surface area contributed by atoms with E-state index in [0.717, 1.165) is 5.39 Å². The molecule has 1 amide bonds. The van der Waals surface area contributed by atoms with Crippen molar-refractivity contribution in [3.8, 4) is 5.75 Å². The summed E-state index contributed by atoms with van der Waals surface area (Å²) in [5.41, 5.74) is 1.21. The zero-order chi connectivity index (χ0) is 16.8. The number of nitrogens with one attached hydrogen (secondary N) is 1. The lowest BCUT2D eigenvalue weighted by atomic mass is 10.1. The van der Waals surface area contributed by atoms with Gasteiger partial charge in [-0.1, -0.05) is 6.08 Å². The highest BCUT2D eigenvalue weighted by molar-refractivity contribution is 5.97. The van der Waals surface area contributed by atoms with Crippen LogP contribution in [-0.2, 0) is 9.53 Å². The van der Waals surface area contributed by atoms with Crippen molar-refractivity contribution >= 4 is 22.8 Å². The van der Waals surface area contributed by atoms with Crippen molar-refractivity contribution in [1.82, 2.24) is 5.32 Å². The number of carbonyl (C=O) groups is 2. The number of aryl methyl sites for hydroxylation is 1. The maximum absolute atomic E-state index is 12.1. The molecule has 0 bridgehead atoms. The molecule has 0 spiro atoms. The molecule has 1 aromatic heterocycles. The highest BCUT2D eigenvalue weighted by Crippen LogP contribution is 2.29. The molecule has 1 heterocycles. The molecule has 6 heteroatoms. The quantitative estimate of drug-likeness (QED) is 0.627. The van der Waals surface area contributed by atoms with Gasteiger partial charge in [-0.15, -0.1) is 6.58 Å². The molecule has 23 heavy (non-hydrogen) atoms. The van der Waals surface area contributed by atoms with Crippen LogP contribution < -0.4 is 10.1 Å². The predicted octanol–water partition coefficient (Wildman–Crippen LogP) is 2.60. The van der Waals surface area contributed by atoms with Crippen LogP contribution in [0.4, 0.5) is 0 Å². The van der Waals surface area contributed by atoms with Crippen molar-refractivity contribution in [2.24, 2.45) is 0 Å². The van der Waals surface area contributed by atoms with E-state index in [0.29, 0.717) is 30.0 Å². The normalized spacial score (nSPS) is 10.3. The van der Waals surface area contributed by atoms with E-state index in [4.69, 9.17) is 13.9 Å². The minimum absolute atomic E-state index is 0.0881. The van der Waals surface area contributed by atoms with Gasteiger partial charge in [0.25, 0.3) is 5.91 Å². The Morgan fingerprint density at radius 2 is 2.17 bits per heavy atom. The lowest BCUT2D eigenvalue weighted by molar-refractivity contribution is -0.124. The van der Waals surface area contributed by atoms with E-state index in [1.165, 1.54) is 0 Å². The van der Waals surface area contributed by atoms with Crippen molar-refractivity contribution in [3.05, 3.63) is 42.2 Å². The number of hydrogen-bond acceptors (Lipinski definition) is 5. The molecule has 1 aromatic carbocycles. The van der Waals surface area contributed by atoms with Gasteiger partial charge in [-0.3, -0.25) is 4.79 Å². The molecule has 0 radical (unpaired) electrons. The maximum atomic E-state index is 12.1. The van der Waals surface area contributed by atoms with Crippen LogP contribution in [0.2, 0.25) is 0 Å². The highest BCUT2D eigenvalue weighted by Gasteiger charge is 2.20. The number of amides is 1. The smallest absolute Gasteiger partial charge is 0.375 e. The molecule has 0 saturated heterocycles. The second kappa shape index (κ2) is 7.49. The van der Waals surface area contributed by atoms with E-state index in [9.17, 15) is 9.59 Å². The van der Waals surface area contributed by atoms with Crippen molar-refractivity contribution in [1.29, 1.82) is 0 Å². The second-order valence-electron chi connectivity index (χ2n) is 4.82. The number of carbonyl (C=O) groups excluding carboxylic acids is 2. The largest absolute Gasteiger partial charge is 0.494 e. The predicted molar refractivity (Wildman–Crippen MR) is 85.6 cm³/mol. The van der Waals surface area contributed by atoms with Gasteiger partial charge in [0.15, 0.2) is 6.61 Å². The van der Waals surface area contributed by atoms with Gasteiger partial charge in [0.05, 0.1) is 6.61 Å². The molecule has 0 aliphatic carbocycles. The van der Waals surface area contributed by atoms with E-state index < -0.39 is 11.9 Å². The fraction of sp³-hybridized carbons (Fsp3) is 0.294. The average Bonchev–Trinajstić information content (AvgIpc) is 2.88. The first-order valence-corrected chi connectivity index (χ1v) is 7.27. The van der Waals surface area contributed by atoms with Crippen LogP contribution in [0.15, 0.2) is 35.3 Å². The lowest BCUT2D eigenvalue weighted by Crippen LogP contribution is -2.28. The SMILES string of the molecule is C=CCNC(=O)COC(=O)c1oc2ccc(OCC)cc2c1C. The lowest BCUT2D eigenvalue weighted by Gasteiger charge is -2.03. The Balaban J connectivity index is 2.12. The van der Waals surface area contributed by atoms with Crippen molar-refractivity contribution in [2.75, 3.05) is 19.8 Å². The Bertz CT molecular complexity index is 732. The molecule has 0 aliphatic heterocycles. The molecular weight excluding hydrogens is 298 g/mol. The van der Waals surface area contributed by atoms with Crippen molar-refractivity contribution in [2.45, 2.75) is 13.8 Å². The summed E-state index contributed by atoms with van der Waals surface area (Å²) < 4.78 is 15.9. The first-order chi connectivity index (χ1) is 11.1. The van der Waals surface area contributed by atoms with Gasteiger partial charge < -0.3 is 19.2 Å². The van der Waals surface area contributed by atoms with Gasteiger partial charge in [0.2, 0.25) is 5.76 Å². The number of hydrogen-bond donors (Lipinski definition) is 1. The third kappa shape index (κ3) is 3.91. The number of esters is 1. The zero-order valence-corrected chi connectivity index (χ0v) is 13.2. The number of benzene rings is 1. The fourth-order valence-corrected chi connectivity index (χ4v) is 2.08. The van der Waals surface area contributed by atoms with Crippen molar-refractivity contribution in [3.63, 3.8) is 0 Å². The Hall–Kier alpha value is -2.76. The molecule has 0 aliphatic rings. The molecule has 6 nitrogen and oxygen atoms in total. The Kier molecular flexibility index (Phi) is 5.41. The van der Waals surface area contributed by atoms with Gasteiger partial charge in [-0.25, -0.2) is 4.79 Å². The van der Waals surface area contributed by atoms with Gasteiger partial charge in [0, 0.05) is 17.5 Å².